The third kappa shape index (κ3) is 1.55. The maximum absolute atomic E-state index is 9.65. The number of halogens is 1. The van der Waals surface area contributed by atoms with Crippen LogP contribution in [0.1, 0.15) is 18.0 Å². The van der Waals surface area contributed by atoms with Gasteiger partial charge in [0.15, 0.2) is 0 Å². The van der Waals surface area contributed by atoms with E-state index in [0.29, 0.717) is 17.3 Å². The Labute approximate surface area is 87.6 Å². The standard InChI is InChI=1S/C10H11ClN2O/c1-13-8(6-10(11)12-13)7-4-2-3-5-9(7)14/h2-5,8,14H,6H2,1H3. The third-order valence-corrected chi connectivity index (χ3v) is 2.60. The molecule has 1 aliphatic heterocycles. The van der Waals surface area contributed by atoms with Crippen LogP contribution in [0.2, 0.25) is 0 Å². The second kappa shape index (κ2) is 3.50. The summed E-state index contributed by atoms with van der Waals surface area (Å²) in [7, 11) is 1.85. The van der Waals surface area contributed by atoms with E-state index < -0.39 is 0 Å². The Bertz CT molecular complexity index is 378. The average Bonchev–Trinajstić information content (AvgIpc) is 2.46. The number of nitrogens with zero attached hydrogens (tertiary/aromatic N) is 2. The summed E-state index contributed by atoms with van der Waals surface area (Å²) in [5, 5.41) is 16.1. The molecule has 1 N–H and O–H groups in total. The van der Waals surface area contributed by atoms with Crippen LogP contribution in [-0.2, 0) is 0 Å². The van der Waals surface area contributed by atoms with Gasteiger partial charge in [-0.2, -0.15) is 5.10 Å². The zero-order valence-electron chi connectivity index (χ0n) is 7.81. The molecule has 0 saturated carbocycles. The van der Waals surface area contributed by atoms with E-state index in [1.807, 2.05) is 19.2 Å². The van der Waals surface area contributed by atoms with Crippen LogP contribution in [0.4, 0.5) is 0 Å². The van der Waals surface area contributed by atoms with Gasteiger partial charge in [0.2, 0.25) is 0 Å². The van der Waals surface area contributed by atoms with E-state index in [2.05, 4.69) is 5.10 Å². The molecule has 0 amide bonds. The fourth-order valence-corrected chi connectivity index (χ4v) is 1.92. The monoisotopic (exact) mass is 210 g/mol. The van der Waals surface area contributed by atoms with Crippen LogP contribution < -0.4 is 0 Å². The highest BCUT2D eigenvalue weighted by atomic mass is 35.5. The molecule has 0 fully saturated rings. The average molecular weight is 211 g/mol. The van der Waals surface area contributed by atoms with E-state index >= 15 is 0 Å². The van der Waals surface area contributed by atoms with E-state index in [1.54, 1.807) is 17.1 Å². The third-order valence-electron chi connectivity index (χ3n) is 2.37. The van der Waals surface area contributed by atoms with Gasteiger partial charge in [-0.1, -0.05) is 29.8 Å². The number of benzene rings is 1. The van der Waals surface area contributed by atoms with Gasteiger partial charge in [-0.3, -0.25) is 5.01 Å². The van der Waals surface area contributed by atoms with Crippen molar-refractivity contribution in [2.75, 3.05) is 7.05 Å². The summed E-state index contributed by atoms with van der Waals surface area (Å²) in [6.45, 7) is 0. The Morgan fingerprint density at radius 1 is 1.50 bits per heavy atom. The van der Waals surface area contributed by atoms with E-state index in [9.17, 15) is 5.11 Å². The lowest BCUT2D eigenvalue weighted by atomic mass is 10.0. The highest BCUT2D eigenvalue weighted by Crippen LogP contribution is 2.34. The molecule has 1 heterocycles. The minimum absolute atomic E-state index is 0.0590. The Morgan fingerprint density at radius 2 is 2.21 bits per heavy atom. The number of hydrazone groups is 1. The number of para-hydroxylation sites is 1. The molecule has 2 rings (SSSR count). The van der Waals surface area contributed by atoms with E-state index in [1.165, 1.54) is 0 Å². The molecular formula is C10H11ClN2O. The van der Waals surface area contributed by atoms with Gasteiger partial charge in [-0.25, -0.2) is 0 Å². The number of hydrogen-bond donors (Lipinski definition) is 1. The Balaban J connectivity index is 2.30. The first-order chi connectivity index (χ1) is 6.68. The predicted octanol–water partition coefficient (Wildman–Crippen LogP) is 2.32. The Kier molecular flexibility index (Phi) is 2.33. The maximum Gasteiger partial charge on any atom is 0.128 e. The summed E-state index contributed by atoms with van der Waals surface area (Å²) in [5.41, 5.74) is 0.870. The van der Waals surface area contributed by atoms with Crippen molar-refractivity contribution >= 4 is 16.8 Å². The van der Waals surface area contributed by atoms with Crippen LogP contribution in [0.25, 0.3) is 0 Å². The van der Waals surface area contributed by atoms with Gasteiger partial charge in [0.05, 0.1) is 6.04 Å². The molecule has 4 heteroatoms. The van der Waals surface area contributed by atoms with E-state index in [4.69, 9.17) is 11.6 Å². The van der Waals surface area contributed by atoms with Gasteiger partial charge < -0.3 is 5.11 Å². The molecule has 1 aliphatic rings. The zero-order valence-corrected chi connectivity index (χ0v) is 8.57. The van der Waals surface area contributed by atoms with E-state index in [0.717, 1.165) is 5.56 Å². The smallest absolute Gasteiger partial charge is 0.128 e. The summed E-state index contributed by atoms with van der Waals surface area (Å²) in [4.78, 5) is 0. The second-order valence-corrected chi connectivity index (χ2v) is 3.76. The van der Waals surface area contributed by atoms with Crippen molar-refractivity contribution in [3.8, 4) is 5.75 Å². The Morgan fingerprint density at radius 3 is 2.79 bits per heavy atom. The van der Waals surface area contributed by atoms with Crippen LogP contribution in [0.5, 0.6) is 5.75 Å². The quantitative estimate of drug-likeness (QED) is 0.772. The van der Waals surface area contributed by atoms with Crippen molar-refractivity contribution in [3.05, 3.63) is 29.8 Å². The molecule has 1 aromatic carbocycles. The molecule has 3 nitrogen and oxygen atoms in total. The van der Waals surface area contributed by atoms with Gasteiger partial charge in [0.1, 0.15) is 10.9 Å². The highest BCUT2D eigenvalue weighted by Gasteiger charge is 2.25. The molecule has 0 bridgehead atoms. The number of phenolic OH excluding ortho intramolecular Hbond substituents is 1. The summed E-state index contributed by atoms with van der Waals surface area (Å²) >= 11 is 5.83. The molecule has 14 heavy (non-hydrogen) atoms. The second-order valence-electron chi connectivity index (χ2n) is 3.33. The summed E-state index contributed by atoms with van der Waals surface area (Å²) in [5.74, 6) is 0.297. The fourth-order valence-electron chi connectivity index (χ4n) is 1.65. The summed E-state index contributed by atoms with van der Waals surface area (Å²) < 4.78 is 0. The first-order valence-electron chi connectivity index (χ1n) is 4.42. The van der Waals surface area contributed by atoms with E-state index in [-0.39, 0.29) is 6.04 Å². The van der Waals surface area contributed by atoms with Gasteiger partial charge in [0.25, 0.3) is 0 Å². The van der Waals surface area contributed by atoms with Crippen LogP contribution >= 0.6 is 11.6 Å². The lowest BCUT2D eigenvalue weighted by Gasteiger charge is -2.19. The zero-order chi connectivity index (χ0) is 10.1. The van der Waals surface area contributed by atoms with Crippen LogP contribution in [0, 0.1) is 0 Å². The molecule has 0 saturated heterocycles. The molecule has 0 aromatic heterocycles. The van der Waals surface area contributed by atoms with Gasteiger partial charge in [-0.15, -0.1) is 0 Å². The minimum atomic E-state index is 0.0590. The van der Waals surface area contributed by atoms with Crippen LogP contribution in [-0.4, -0.2) is 22.3 Å². The lowest BCUT2D eigenvalue weighted by Crippen LogP contribution is -2.13. The Hall–Kier alpha value is -1.22. The molecule has 0 spiro atoms. The topological polar surface area (TPSA) is 35.8 Å². The molecular weight excluding hydrogens is 200 g/mol. The van der Waals surface area contributed by atoms with Gasteiger partial charge in [-0.05, 0) is 6.07 Å². The van der Waals surface area contributed by atoms with Crippen LogP contribution in [0.3, 0.4) is 0 Å². The fraction of sp³-hybridized carbons (Fsp3) is 0.300. The van der Waals surface area contributed by atoms with Crippen molar-refractivity contribution < 1.29 is 5.11 Å². The van der Waals surface area contributed by atoms with Crippen molar-refractivity contribution in [1.29, 1.82) is 0 Å². The predicted molar refractivity (Wildman–Crippen MR) is 56.5 cm³/mol. The number of rotatable bonds is 1. The van der Waals surface area contributed by atoms with Gasteiger partial charge >= 0.3 is 0 Å². The highest BCUT2D eigenvalue weighted by molar-refractivity contribution is 6.65. The molecule has 74 valence electrons. The largest absolute Gasteiger partial charge is 0.508 e. The maximum atomic E-state index is 9.65. The van der Waals surface area contributed by atoms with Crippen molar-refractivity contribution in [3.63, 3.8) is 0 Å². The number of aromatic hydroxyl groups is 1. The molecule has 1 aromatic rings. The molecule has 1 atom stereocenters. The summed E-state index contributed by atoms with van der Waals surface area (Å²) in [6.07, 6.45) is 0.662. The molecule has 1 unspecified atom stereocenters. The van der Waals surface area contributed by atoms with Crippen molar-refractivity contribution in [1.82, 2.24) is 5.01 Å². The molecule has 0 radical (unpaired) electrons. The first-order valence-corrected chi connectivity index (χ1v) is 4.80. The lowest BCUT2D eigenvalue weighted by molar-refractivity contribution is 0.283. The normalized spacial score (nSPS) is 21.1. The number of phenols is 1. The minimum Gasteiger partial charge on any atom is -0.508 e. The van der Waals surface area contributed by atoms with Crippen molar-refractivity contribution in [2.24, 2.45) is 5.10 Å². The number of hydrogen-bond acceptors (Lipinski definition) is 3. The summed E-state index contributed by atoms with van der Waals surface area (Å²) in [6, 6.07) is 7.33. The SMILES string of the molecule is CN1N=C(Cl)CC1c1ccccc1O. The van der Waals surface area contributed by atoms with Crippen LogP contribution in [0.15, 0.2) is 29.4 Å². The molecule has 0 aliphatic carbocycles. The van der Waals surface area contributed by atoms with Crippen molar-refractivity contribution in [2.45, 2.75) is 12.5 Å². The first kappa shape index (κ1) is 9.34. The van der Waals surface area contributed by atoms with Gasteiger partial charge in [0, 0.05) is 19.0 Å².